The van der Waals surface area contributed by atoms with Crippen LogP contribution in [0.15, 0.2) is 36.7 Å². The molecular weight excluding hydrogens is 394 g/mol. The molecule has 0 bridgehead atoms. The average molecular weight is 422 g/mol. The van der Waals surface area contributed by atoms with Gasteiger partial charge in [-0.3, -0.25) is 9.59 Å². The van der Waals surface area contributed by atoms with E-state index in [2.05, 4.69) is 15.6 Å². The molecule has 3 rings (SSSR count). The van der Waals surface area contributed by atoms with Gasteiger partial charge in [0.2, 0.25) is 11.8 Å². The van der Waals surface area contributed by atoms with E-state index in [0.717, 1.165) is 23.7 Å². The summed E-state index contributed by atoms with van der Waals surface area (Å²) in [6.07, 6.45) is 3.81. The van der Waals surface area contributed by atoms with Gasteiger partial charge in [-0.1, -0.05) is 12.1 Å². The Bertz CT molecular complexity index is 824. The number of aromatic nitrogens is 2. The highest BCUT2D eigenvalue weighted by Gasteiger charge is 2.32. The van der Waals surface area contributed by atoms with Crippen molar-refractivity contribution in [3.63, 3.8) is 0 Å². The zero-order valence-corrected chi connectivity index (χ0v) is 17.7. The van der Waals surface area contributed by atoms with Crippen LogP contribution in [0.1, 0.15) is 36.8 Å². The van der Waals surface area contributed by atoms with Crippen LogP contribution in [-0.2, 0) is 16.6 Å². The van der Waals surface area contributed by atoms with Gasteiger partial charge in [0.15, 0.2) is 0 Å². The molecule has 1 saturated heterocycles. The maximum atomic E-state index is 13.2. The second kappa shape index (κ2) is 10.3. The number of carbonyl (C=O) groups is 2. The molecule has 1 aliphatic rings. The minimum absolute atomic E-state index is 0. The largest absolute Gasteiger partial charge is 0.497 e. The molecule has 1 aromatic carbocycles. The van der Waals surface area contributed by atoms with Crippen molar-refractivity contribution in [2.75, 3.05) is 26.7 Å². The van der Waals surface area contributed by atoms with Crippen LogP contribution in [-0.4, -0.2) is 53.0 Å². The number of aryl methyl sites for hydroxylation is 1. The fourth-order valence-corrected chi connectivity index (χ4v) is 3.56. The Morgan fingerprint density at radius 3 is 2.66 bits per heavy atom. The second-order valence-corrected chi connectivity index (χ2v) is 6.93. The van der Waals surface area contributed by atoms with Crippen molar-refractivity contribution in [1.29, 1.82) is 0 Å². The number of benzene rings is 1. The normalized spacial score (nSPS) is 17.2. The number of carbonyl (C=O) groups excluding carboxylic acids is 2. The summed E-state index contributed by atoms with van der Waals surface area (Å²) in [5.74, 6) is 1.40. The molecule has 0 aliphatic carbocycles. The molecule has 0 saturated carbocycles. The lowest BCUT2D eigenvalue weighted by Crippen LogP contribution is -2.50. The Hall–Kier alpha value is -2.58. The third-order valence-corrected chi connectivity index (χ3v) is 4.99. The van der Waals surface area contributed by atoms with Gasteiger partial charge in [-0.2, -0.15) is 0 Å². The van der Waals surface area contributed by atoms with Gasteiger partial charge in [0.25, 0.3) is 0 Å². The van der Waals surface area contributed by atoms with Crippen molar-refractivity contribution in [1.82, 2.24) is 25.1 Å². The molecule has 0 spiro atoms. The van der Waals surface area contributed by atoms with Crippen molar-refractivity contribution in [2.24, 2.45) is 7.05 Å². The Morgan fingerprint density at radius 1 is 1.34 bits per heavy atom. The summed E-state index contributed by atoms with van der Waals surface area (Å²) in [4.78, 5) is 31.2. The summed E-state index contributed by atoms with van der Waals surface area (Å²) >= 11 is 0. The highest BCUT2D eigenvalue weighted by Crippen LogP contribution is 2.25. The van der Waals surface area contributed by atoms with Gasteiger partial charge in [0, 0.05) is 46.0 Å². The van der Waals surface area contributed by atoms with Crippen LogP contribution in [0.3, 0.4) is 0 Å². The Morgan fingerprint density at radius 2 is 2.07 bits per heavy atom. The van der Waals surface area contributed by atoms with E-state index >= 15 is 0 Å². The number of imidazole rings is 1. The smallest absolute Gasteiger partial charge is 0.225 e. The molecule has 1 aliphatic heterocycles. The fourth-order valence-electron chi connectivity index (χ4n) is 3.56. The average Bonchev–Trinajstić information content (AvgIpc) is 3.13. The van der Waals surface area contributed by atoms with Gasteiger partial charge in [-0.05, 0) is 17.7 Å². The molecule has 158 valence electrons. The molecule has 2 amide bonds. The quantitative estimate of drug-likeness (QED) is 0.739. The summed E-state index contributed by atoms with van der Waals surface area (Å²) in [6, 6.07) is 6.89. The van der Waals surface area contributed by atoms with E-state index in [0.29, 0.717) is 13.1 Å². The number of halogens is 1. The van der Waals surface area contributed by atoms with Crippen molar-refractivity contribution in [3.8, 4) is 5.75 Å². The second-order valence-electron chi connectivity index (χ2n) is 6.93. The van der Waals surface area contributed by atoms with Crippen molar-refractivity contribution >= 4 is 24.2 Å². The van der Waals surface area contributed by atoms with Gasteiger partial charge >= 0.3 is 0 Å². The minimum Gasteiger partial charge on any atom is -0.497 e. The summed E-state index contributed by atoms with van der Waals surface area (Å²) in [6.45, 7) is 3.46. The van der Waals surface area contributed by atoms with Crippen LogP contribution < -0.4 is 15.4 Å². The molecule has 2 unspecified atom stereocenters. The Balaban J connectivity index is 0.00000300. The van der Waals surface area contributed by atoms with E-state index in [1.165, 1.54) is 6.92 Å². The molecule has 8 nitrogen and oxygen atoms in total. The van der Waals surface area contributed by atoms with Crippen LogP contribution >= 0.6 is 12.4 Å². The summed E-state index contributed by atoms with van der Waals surface area (Å²) in [5.41, 5.74) is 0.869. The van der Waals surface area contributed by atoms with Gasteiger partial charge in [-0.25, -0.2) is 4.98 Å². The Kier molecular flexibility index (Phi) is 8.04. The lowest BCUT2D eigenvalue weighted by atomic mass is 10.0. The third-order valence-electron chi connectivity index (χ3n) is 4.99. The first kappa shape index (κ1) is 22.7. The number of hydrogen-bond donors (Lipinski definition) is 2. The van der Waals surface area contributed by atoms with Gasteiger partial charge in [0.1, 0.15) is 17.6 Å². The first-order valence-corrected chi connectivity index (χ1v) is 9.38. The van der Waals surface area contributed by atoms with E-state index in [9.17, 15) is 9.59 Å². The number of piperazine rings is 1. The molecule has 1 aromatic heterocycles. The minimum atomic E-state index is -0.396. The van der Waals surface area contributed by atoms with E-state index < -0.39 is 6.04 Å². The molecule has 9 heteroatoms. The van der Waals surface area contributed by atoms with E-state index in [4.69, 9.17) is 4.74 Å². The van der Waals surface area contributed by atoms with E-state index in [1.54, 1.807) is 13.3 Å². The molecule has 2 heterocycles. The number of nitrogens with one attached hydrogen (secondary N) is 2. The van der Waals surface area contributed by atoms with Gasteiger partial charge in [-0.15, -0.1) is 12.4 Å². The van der Waals surface area contributed by atoms with Crippen LogP contribution in [0.5, 0.6) is 5.75 Å². The summed E-state index contributed by atoms with van der Waals surface area (Å²) < 4.78 is 7.13. The van der Waals surface area contributed by atoms with E-state index in [1.807, 2.05) is 47.0 Å². The monoisotopic (exact) mass is 421 g/mol. The summed E-state index contributed by atoms with van der Waals surface area (Å²) in [5, 5.41) is 6.24. The zero-order chi connectivity index (χ0) is 20.1. The molecule has 2 atom stereocenters. The standard InChI is InChI=1S/C20H27N5O3.ClH/c1-14(26)23-17(15-4-6-16(28-3)7-5-15)12-19(27)25-11-8-21-13-18(25)20-22-9-10-24(20)2;/h4-7,9-10,17-18,21H,8,11-13H2,1-3H3,(H,23,26);1H. The lowest BCUT2D eigenvalue weighted by Gasteiger charge is -2.36. The number of nitrogens with zero attached hydrogens (tertiary/aromatic N) is 3. The first-order chi connectivity index (χ1) is 13.5. The molecule has 29 heavy (non-hydrogen) atoms. The number of ether oxygens (including phenoxy) is 1. The number of amides is 2. The highest BCUT2D eigenvalue weighted by atomic mass is 35.5. The zero-order valence-electron chi connectivity index (χ0n) is 16.9. The van der Waals surface area contributed by atoms with Crippen LogP contribution in [0.2, 0.25) is 0 Å². The molecule has 1 fully saturated rings. The summed E-state index contributed by atoms with van der Waals surface area (Å²) in [7, 11) is 3.53. The number of rotatable bonds is 6. The first-order valence-electron chi connectivity index (χ1n) is 9.38. The molecular formula is C20H28ClN5O3. The lowest BCUT2D eigenvalue weighted by molar-refractivity contribution is -0.135. The van der Waals surface area contributed by atoms with Crippen LogP contribution in [0.25, 0.3) is 0 Å². The number of hydrogen-bond acceptors (Lipinski definition) is 5. The predicted molar refractivity (Wildman–Crippen MR) is 112 cm³/mol. The van der Waals surface area contributed by atoms with Crippen LogP contribution in [0.4, 0.5) is 0 Å². The maximum Gasteiger partial charge on any atom is 0.225 e. The predicted octanol–water partition coefficient (Wildman–Crippen LogP) is 1.59. The molecule has 0 radical (unpaired) electrons. The number of methoxy groups -OCH3 is 1. The molecule has 2 N–H and O–H groups in total. The van der Waals surface area contributed by atoms with Crippen molar-refractivity contribution in [2.45, 2.75) is 25.4 Å². The topological polar surface area (TPSA) is 88.5 Å². The van der Waals surface area contributed by atoms with Crippen molar-refractivity contribution in [3.05, 3.63) is 48.0 Å². The molecule has 2 aromatic rings. The van der Waals surface area contributed by atoms with Gasteiger partial charge < -0.3 is 24.8 Å². The maximum absolute atomic E-state index is 13.2. The van der Waals surface area contributed by atoms with E-state index in [-0.39, 0.29) is 36.7 Å². The highest BCUT2D eigenvalue weighted by molar-refractivity contribution is 5.85. The SMILES string of the molecule is COc1ccc(C(CC(=O)N2CCNCC2c2nccn2C)NC(C)=O)cc1.Cl. The Labute approximate surface area is 177 Å². The third kappa shape index (κ3) is 5.48. The van der Waals surface area contributed by atoms with Crippen molar-refractivity contribution < 1.29 is 14.3 Å². The fraction of sp³-hybridized carbons (Fsp3) is 0.450. The van der Waals surface area contributed by atoms with Crippen LogP contribution in [0, 0.1) is 0 Å². The van der Waals surface area contributed by atoms with Gasteiger partial charge in [0.05, 0.1) is 19.6 Å².